The van der Waals surface area contributed by atoms with E-state index in [0.29, 0.717) is 0 Å². The zero-order valence-electron chi connectivity index (χ0n) is 10.2. The minimum absolute atomic E-state index is 0.117. The maximum absolute atomic E-state index is 13.5. The molecule has 0 aliphatic rings. The molecule has 0 atom stereocenters. The molecule has 0 N–H and O–H groups in total. The molecule has 0 amide bonds. The molecule has 1 nitrogen and oxygen atoms in total. The summed E-state index contributed by atoms with van der Waals surface area (Å²) in [5.41, 5.74) is -0.0472. The zero-order valence-corrected chi connectivity index (χ0v) is 10.2. The van der Waals surface area contributed by atoms with Crippen LogP contribution < -0.4 is 4.74 Å². The van der Waals surface area contributed by atoms with Gasteiger partial charge in [-0.2, -0.15) is 0 Å². The van der Waals surface area contributed by atoms with E-state index in [9.17, 15) is 17.6 Å². The quantitative estimate of drug-likeness (QED) is 0.721. The molecule has 2 aromatic rings. The van der Waals surface area contributed by atoms with E-state index in [1.807, 2.05) is 0 Å². The lowest BCUT2D eigenvalue weighted by Crippen LogP contribution is -1.95. The zero-order chi connectivity index (χ0) is 14.2. The highest BCUT2D eigenvalue weighted by Gasteiger charge is 2.12. The van der Waals surface area contributed by atoms with Gasteiger partial charge >= 0.3 is 0 Å². The summed E-state index contributed by atoms with van der Waals surface area (Å²) < 4.78 is 58.4. The molecule has 100 valence electrons. The van der Waals surface area contributed by atoms with Crippen LogP contribution in [0, 0.1) is 37.1 Å². The van der Waals surface area contributed by atoms with Crippen molar-refractivity contribution >= 4 is 0 Å². The van der Waals surface area contributed by atoms with Crippen LogP contribution in [-0.4, -0.2) is 0 Å². The van der Waals surface area contributed by atoms with Gasteiger partial charge in [-0.05, 0) is 25.5 Å². The fourth-order valence-electron chi connectivity index (χ4n) is 1.51. The van der Waals surface area contributed by atoms with Crippen molar-refractivity contribution < 1.29 is 22.3 Å². The molecule has 0 bridgehead atoms. The van der Waals surface area contributed by atoms with Crippen LogP contribution in [-0.2, 0) is 0 Å². The first-order valence-electron chi connectivity index (χ1n) is 5.47. The molecule has 0 saturated heterocycles. The van der Waals surface area contributed by atoms with Gasteiger partial charge in [0, 0.05) is 23.8 Å². The third-order valence-electron chi connectivity index (χ3n) is 2.70. The van der Waals surface area contributed by atoms with Gasteiger partial charge in [-0.25, -0.2) is 17.6 Å². The highest BCUT2D eigenvalue weighted by atomic mass is 19.1. The van der Waals surface area contributed by atoms with E-state index < -0.39 is 29.0 Å². The average molecular weight is 270 g/mol. The Labute approximate surface area is 107 Å². The first-order chi connectivity index (χ1) is 8.88. The van der Waals surface area contributed by atoms with Gasteiger partial charge in [0.1, 0.15) is 23.2 Å². The number of hydrogen-bond donors (Lipinski definition) is 0. The van der Waals surface area contributed by atoms with Crippen LogP contribution in [0.4, 0.5) is 17.6 Å². The molecule has 2 rings (SSSR count). The first kappa shape index (κ1) is 13.4. The van der Waals surface area contributed by atoms with Gasteiger partial charge in [0.25, 0.3) is 0 Å². The highest BCUT2D eigenvalue weighted by Crippen LogP contribution is 2.28. The Morgan fingerprint density at radius 2 is 1.32 bits per heavy atom. The maximum Gasteiger partial charge on any atom is 0.166 e. The molecule has 0 heterocycles. The van der Waals surface area contributed by atoms with Crippen LogP contribution in [0.5, 0.6) is 11.5 Å². The van der Waals surface area contributed by atoms with Crippen LogP contribution in [0.3, 0.4) is 0 Å². The molecule has 19 heavy (non-hydrogen) atoms. The topological polar surface area (TPSA) is 9.23 Å². The Balaban J connectivity index is 2.39. The summed E-state index contributed by atoms with van der Waals surface area (Å²) in [6.07, 6.45) is 0. The Morgan fingerprint density at radius 3 is 1.89 bits per heavy atom. The van der Waals surface area contributed by atoms with Crippen molar-refractivity contribution in [2.24, 2.45) is 0 Å². The third kappa shape index (κ3) is 2.70. The van der Waals surface area contributed by atoms with E-state index >= 15 is 0 Å². The largest absolute Gasteiger partial charge is 0.454 e. The summed E-state index contributed by atoms with van der Waals surface area (Å²) in [6, 6.07) is 3.61. The minimum Gasteiger partial charge on any atom is -0.454 e. The summed E-state index contributed by atoms with van der Waals surface area (Å²) >= 11 is 0. The first-order valence-corrected chi connectivity index (χ1v) is 5.47. The van der Waals surface area contributed by atoms with E-state index in [2.05, 4.69) is 0 Å². The van der Waals surface area contributed by atoms with Crippen molar-refractivity contribution in [3.63, 3.8) is 0 Å². The number of ether oxygens (including phenoxy) is 1. The second kappa shape index (κ2) is 4.91. The van der Waals surface area contributed by atoms with Gasteiger partial charge in [-0.3, -0.25) is 0 Å². The average Bonchev–Trinajstić information content (AvgIpc) is 2.33. The van der Waals surface area contributed by atoms with E-state index in [4.69, 9.17) is 4.74 Å². The lowest BCUT2D eigenvalue weighted by molar-refractivity contribution is 0.427. The van der Waals surface area contributed by atoms with Gasteiger partial charge in [0.2, 0.25) is 0 Å². The molecule has 0 radical (unpaired) electrons. The second-order valence-electron chi connectivity index (χ2n) is 4.15. The van der Waals surface area contributed by atoms with Crippen LogP contribution in [0.25, 0.3) is 0 Å². The SMILES string of the molecule is Cc1cc(F)c(Oc2cc(F)c(C)c(F)c2)cc1F. The number of hydrogen-bond acceptors (Lipinski definition) is 1. The highest BCUT2D eigenvalue weighted by molar-refractivity contribution is 5.37. The smallest absolute Gasteiger partial charge is 0.166 e. The van der Waals surface area contributed by atoms with E-state index in [1.54, 1.807) is 0 Å². The van der Waals surface area contributed by atoms with E-state index in [0.717, 1.165) is 24.3 Å². The molecule has 0 fully saturated rings. The molecule has 0 saturated carbocycles. The standard InChI is InChI=1S/C14H10F4O/c1-7-3-13(18)14(6-10(7)15)19-9-4-11(16)8(2)12(17)5-9/h3-6H,1-2H3. The van der Waals surface area contributed by atoms with Crippen molar-refractivity contribution in [1.29, 1.82) is 0 Å². The van der Waals surface area contributed by atoms with Crippen LogP contribution in [0.1, 0.15) is 11.1 Å². The molecular weight excluding hydrogens is 260 g/mol. The Bertz CT molecular complexity index is 615. The van der Waals surface area contributed by atoms with Gasteiger partial charge < -0.3 is 4.74 Å². The fourth-order valence-corrected chi connectivity index (χ4v) is 1.51. The van der Waals surface area contributed by atoms with Gasteiger partial charge in [-0.1, -0.05) is 0 Å². The Hall–Kier alpha value is -2.04. The Kier molecular flexibility index (Phi) is 3.46. The van der Waals surface area contributed by atoms with Crippen molar-refractivity contribution in [3.05, 3.63) is 58.7 Å². The lowest BCUT2D eigenvalue weighted by atomic mass is 10.2. The van der Waals surface area contributed by atoms with Gasteiger partial charge in [-0.15, -0.1) is 0 Å². The number of benzene rings is 2. The summed E-state index contributed by atoms with van der Waals surface area (Å²) in [5.74, 6) is -3.76. The Morgan fingerprint density at radius 1 is 0.737 bits per heavy atom. The number of halogens is 4. The van der Waals surface area contributed by atoms with Crippen molar-refractivity contribution in [2.45, 2.75) is 13.8 Å². The summed E-state index contributed by atoms with van der Waals surface area (Å²) in [4.78, 5) is 0. The number of rotatable bonds is 2. The van der Waals surface area contributed by atoms with Crippen molar-refractivity contribution in [1.82, 2.24) is 0 Å². The fraction of sp³-hybridized carbons (Fsp3) is 0.143. The molecule has 0 aliphatic carbocycles. The summed E-state index contributed by atoms with van der Waals surface area (Å²) in [5, 5.41) is 0. The molecule has 0 spiro atoms. The van der Waals surface area contributed by atoms with Crippen LogP contribution in [0.2, 0.25) is 0 Å². The monoisotopic (exact) mass is 270 g/mol. The molecule has 0 unspecified atom stereocenters. The van der Waals surface area contributed by atoms with Crippen LogP contribution in [0.15, 0.2) is 24.3 Å². The van der Waals surface area contributed by atoms with Crippen LogP contribution >= 0.6 is 0 Å². The normalized spacial score (nSPS) is 10.6. The van der Waals surface area contributed by atoms with Gasteiger partial charge in [0.05, 0.1) is 0 Å². The number of aryl methyl sites for hydroxylation is 1. The summed E-state index contributed by atoms with van der Waals surface area (Å²) in [7, 11) is 0. The molecule has 0 aromatic heterocycles. The van der Waals surface area contributed by atoms with Crippen molar-refractivity contribution in [3.8, 4) is 11.5 Å². The maximum atomic E-state index is 13.5. The molecule has 5 heteroatoms. The van der Waals surface area contributed by atoms with E-state index in [-0.39, 0.29) is 16.9 Å². The van der Waals surface area contributed by atoms with Gasteiger partial charge in [0.15, 0.2) is 11.6 Å². The second-order valence-corrected chi connectivity index (χ2v) is 4.15. The molecule has 0 aliphatic heterocycles. The van der Waals surface area contributed by atoms with Crippen molar-refractivity contribution in [2.75, 3.05) is 0 Å². The molecular formula is C14H10F4O. The van der Waals surface area contributed by atoms with E-state index in [1.165, 1.54) is 13.8 Å². The lowest BCUT2D eigenvalue weighted by Gasteiger charge is -2.09. The molecule has 2 aromatic carbocycles. The minimum atomic E-state index is -0.817. The predicted molar refractivity (Wildman–Crippen MR) is 62.3 cm³/mol. The predicted octanol–water partition coefficient (Wildman–Crippen LogP) is 4.65. The third-order valence-corrected chi connectivity index (χ3v) is 2.70. The summed E-state index contributed by atoms with van der Waals surface area (Å²) in [6.45, 7) is 2.66.